The maximum absolute atomic E-state index is 5.08. The number of hydrogen-bond acceptors (Lipinski definition) is 3. The molecule has 0 radical (unpaired) electrons. The fraction of sp³-hybridized carbons (Fsp3) is 0.538. The number of hydrogen-bond donors (Lipinski definition) is 0. The van der Waals surface area contributed by atoms with Crippen LogP contribution in [0.2, 0.25) is 0 Å². The molecule has 3 heteroatoms. The van der Waals surface area contributed by atoms with Crippen LogP contribution >= 0.6 is 0 Å². The second-order valence-electron chi connectivity index (χ2n) is 8.90. The van der Waals surface area contributed by atoms with Gasteiger partial charge < -0.3 is 0 Å². The summed E-state index contributed by atoms with van der Waals surface area (Å²) in [6, 6.07) is 0. The van der Waals surface area contributed by atoms with Crippen LogP contribution in [0.25, 0.3) is 5.57 Å². The van der Waals surface area contributed by atoms with E-state index in [9.17, 15) is 0 Å². The van der Waals surface area contributed by atoms with Gasteiger partial charge in [0.1, 0.15) is 11.6 Å². The van der Waals surface area contributed by atoms with Crippen LogP contribution in [0.3, 0.4) is 0 Å². The van der Waals surface area contributed by atoms with Crippen molar-refractivity contribution >= 4 is 5.57 Å². The molecule has 2 unspecified atom stereocenters. The summed E-state index contributed by atoms with van der Waals surface area (Å²) in [5, 5.41) is 0. The number of allylic oxidation sites excluding steroid dienone is 7. The van der Waals surface area contributed by atoms with E-state index >= 15 is 0 Å². The van der Waals surface area contributed by atoms with Gasteiger partial charge in [0.2, 0.25) is 0 Å². The summed E-state index contributed by atoms with van der Waals surface area (Å²) in [6.45, 7) is 2.28. The van der Waals surface area contributed by atoms with Crippen molar-refractivity contribution in [2.45, 2.75) is 89.4 Å². The molecule has 2 atom stereocenters. The molecule has 0 amide bonds. The fourth-order valence-electron chi connectivity index (χ4n) is 4.92. The van der Waals surface area contributed by atoms with Crippen molar-refractivity contribution in [2.75, 3.05) is 0 Å². The topological polar surface area (TPSA) is 38.7 Å². The van der Waals surface area contributed by atoms with Gasteiger partial charge in [-0.1, -0.05) is 43.2 Å². The minimum Gasteiger partial charge on any atom is -0.217 e. The molecule has 0 spiro atoms. The molecule has 0 saturated heterocycles. The van der Waals surface area contributed by atoms with Gasteiger partial charge in [0.15, 0.2) is 5.82 Å². The third-order valence-corrected chi connectivity index (χ3v) is 6.88. The van der Waals surface area contributed by atoms with Gasteiger partial charge >= 0.3 is 0 Å². The average Bonchev–Trinajstić information content (AvgIpc) is 3.56. The predicted molar refractivity (Wildman–Crippen MR) is 118 cm³/mol. The zero-order chi connectivity index (χ0) is 19.6. The van der Waals surface area contributed by atoms with Crippen LogP contribution in [0.1, 0.15) is 107 Å². The van der Waals surface area contributed by atoms with E-state index in [2.05, 4.69) is 37.0 Å². The highest BCUT2D eigenvalue weighted by atomic mass is 15.0. The molecule has 4 aliphatic carbocycles. The summed E-state index contributed by atoms with van der Waals surface area (Å²) < 4.78 is 0. The first-order valence-electron chi connectivity index (χ1n) is 11.6. The Labute approximate surface area is 174 Å². The van der Waals surface area contributed by atoms with Gasteiger partial charge in [-0.3, -0.25) is 0 Å². The van der Waals surface area contributed by atoms with E-state index in [-0.39, 0.29) is 0 Å². The summed E-state index contributed by atoms with van der Waals surface area (Å²) in [6.07, 6.45) is 22.0. The second-order valence-corrected chi connectivity index (χ2v) is 8.90. The Morgan fingerprint density at radius 2 is 1.90 bits per heavy atom. The van der Waals surface area contributed by atoms with Crippen molar-refractivity contribution in [3.05, 3.63) is 64.2 Å². The van der Waals surface area contributed by atoms with E-state index in [0.29, 0.717) is 11.8 Å². The van der Waals surface area contributed by atoms with Crippen molar-refractivity contribution < 1.29 is 0 Å². The Bertz CT molecular complexity index is 956. The van der Waals surface area contributed by atoms with Crippen LogP contribution in [-0.2, 0) is 0 Å². The average molecular weight is 386 g/mol. The van der Waals surface area contributed by atoms with Gasteiger partial charge in [-0.05, 0) is 69.8 Å². The molecule has 0 aliphatic heterocycles. The molecule has 0 aromatic carbocycles. The van der Waals surface area contributed by atoms with Gasteiger partial charge in [0.05, 0.1) is 0 Å². The lowest BCUT2D eigenvalue weighted by Gasteiger charge is -2.20. The molecule has 0 N–H and O–H groups in total. The van der Waals surface area contributed by atoms with Crippen molar-refractivity contribution in [2.24, 2.45) is 0 Å². The lowest BCUT2D eigenvalue weighted by molar-refractivity contribution is 0.560. The third kappa shape index (κ3) is 4.21. The molecule has 4 aliphatic rings. The van der Waals surface area contributed by atoms with Crippen LogP contribution < -0.4 is 0 Å². The molecular formula is C26H31N3. The highest BCUT2D eigenvalue weighted by molar-refractivity contribution is 5.64. The van der Waals surface area contributed by atoms with E-state index in [1.54, 1.807) is 5.57 Å². The van der Waals surface area contributed by atoms with Crippen molar-refractivity contribution in [3.63, 3.8) is 0 Å². The normalized spacial score (nSPS) is 26.4. The first-order valence-corrected chi connectivity index (χ1v) is 11.6. The Balaban J connectivity index is 1.52. The Morgan fingerprint density at radius 3 is 2.76 bits per heavy atom. The number of rotatable bonds is 4. The minimum absolute atomic E-state index is 0.345. The Morgan fingerprint density at radius 1 is 0.966 bits per heavy atom. The largest absolute Gasteiger partial charge is 0.217 e. The standard InChI is InChI=1S/C26H31N3/c1-2-18-8-6-7-11-23(16-18)26-28-24(19-9-4-3-5-10-19)27-25(29-26)20-12-14-21-17-22(21)15-13-20/h3-4,12,16,19,23H,2,5-11,13-15H2,1H3. The first-order chi connectivity index (χ1) is 14.3. The van der Waals surface area contributed by atoms with E-state index in [1.807, 2.05) is 0 Å². The molecule has 5 rings (SSSR count). The zero-order valence-corrected chi connectivity index (χ0v) is 17.6. The van der Waals surface area contributed by atoms with Gasteiger partial charge in [0.25, 0.3) is 0 Å². The van der Waals surface area contributed by atoms with Crippen LogP contribution in [0.4, 0.5) is 0 Å². The van der Waals surface area contributed by atoms with Crippen molar-refractivity contribution in [3.8, 4) is 0 Å². The number of nitrogens with zero attached hydrogens (tertiary/aromatic N) is 3. The summed E-state index contributed by atoms with van der Waals surface area (Å²) in [7, 11) is 0. The van der Waals surface area contributed by atoms with Crippen molar-refractivity contribution in [1.82, 2.24) is 15.0 Å². The SMILES string of the molecule is CCC1=CC(c2nc(C3=CCC4=C=C4CC3)nc(C3CC=CCC3)n2)CCCC1. The Kier molecular flexibility index (Phi) is 5.33. The molecular weight excluding hydrogens is 354 g/mol. The monoisotopic (exact) mass is 385 g/mol. The lowest BCUT2D eigenvalue weighted by Crippen LogP contribution is -2.14. The smallest absolute Gasteiger partial charge is 0.159 e. The van der Waals surface area contributed by atoms with E-state index in [4.69, 9.17) is 15.0 Å². The van der Waals surface area contributed by atoms with Crippen LogP contribution in [0, 0.1) is 0 Å². The molecule has 0 saturated carbocycles. The molecule has 0 fully saturated rings. The molecule has 3 nitrogen and oxygen atoms in total. The van der Waals surface area contributed by atoms with E-state index < -0.39 is 0 Å². The fourth-order valence-corrected chi connectivity index (χ4v) is 4.92. The first kappa shape index (κ1) is 18.8. The number of aromatic nitrogens is 3. The lowest BCUT2D eigenvalue weighted by atomic mass is 9.93. The molecule has 29 heavy (non-hydrogen) atoms. The third-order valence-electron chi connectivity index (χ3n) is 6.88. The van der Waals surface area contributed by atoms with Gasteiger partial charge in [0, 0.05) is 23.0 Å². The molecule has 1 heterocycles. The van der Waals surface area contributed by atoms with E-state index in [1.165, 1.54) is 36.0 Å². The quantitative estimate of drug-likeness (QED) is 0.426. The maximum Gasteiger partial charge on any atom is 0.159 e. The van der Waals surface area contributed by atoms with Gasteiger partial charge in [-0.15, -0.1) is 5.73 Å². The van der Waals surface area contributed by atoms with Gasteiger partial charge in [-0.2, -0.15) is 0 Å². The van der Waals surface area contributed by atoms with Crippen LogP contribution in [0.5, 0.6) is 0 Å². The molecule has 0 bridgehead atoms. The second kappa shape index (κ2) is 8.24. The highest BCUT2D eigenvalue weighted by Gasteiger charge is 2.25. The number of fused-ring (bicyclic) bond motifs is 1. The summed E-state index contributed by atoms with van der Waals surface area (Å²) in [5.41, 5.74) is 9.13. The zero-order valence-electron chi connectivity index (χ0n) is 17.6. The molecule has 150 valence electrons. The van der Waals surface area contributed by atoms with E-state index in [0.717, 1.165) is 68.8 Å². The summed E-state index contributed by atoms with van der Waals surface area (Å²) in [5.74, 6) is 3.76. The summed E-state index contributed by atoms with van der Waals surface area (Å²) >= 11 is 0. The molecule has 1 aromatic heterocycles. The maximum atomic E-state index is 5.08. The summed E-state index contributed by atoms with van der Waals surface area (Å²) in [4.78, 5) is 15.2. The molecule has 1 aromatic rings. The predicted octanol–water partition coefficient (Wildman–Crippen LogP) is 6.72. The highest BCUT2D eigenvalue weighted by Crippen LogP contribution is 2.37. The minimum atomic E-state index is 0.345. The van der Waals surface area contributed by atoms with Crippen LogP contribution in [0.15, 0.2) is 46.8 Å². The van der Waals surface area contributed by atoms with Crippen LogP contribution in [-0.4, -0.2) is 15.0 Å². The van der Waals surface area contributed by atoms with Gasteiger partial charge in [-0.25, -0.2) is 15.0 Å². The Hall–Kier alpha value is -2.25. The van der Waals surface area contributed by atoms with Crippen molar-refractivity contribution in [1.29, 1.82) is 0 Å².